The fourth-order valence-corrected chi connectivity index (χ4v) is 3.46. The van der Waals surface area contributed by atoms with Crippen LogP contribution in [-0.2, 0) is 14.3 Å². The lowest BCUT2D eigenvalue weighted by Crippen LogP contribution is -2.29. The first kappa shape index (κ1) is 18.6. The van der Waals surface area contributed by atoms with Gasteiger partial charge >= 0.3 is 5.97 Å². The molecule has 0 radical (unpaired) electrons. The molecule has 0 saturated carbocycles. The quantitative estimate of drug-likeness (QED) is 0.756. The highest BCUT2D eigenvalue weighted by molar-refractivity contribution is 8.03. The molecule has 0 aromatic heterocycles. The SMILES string of the molecule is CCOC(=O)C1=C(C)NC(SCC(N)=O)=C(C#N)[C@@H]1c1ccccc1. The molecule has 130 valence electrons. The number of carbonyl (C=O) groups is 2. The first-order valence-corrected chi connectivity index (χ1v) is 8.73. The minimum absolute atomic E-state index is 0.0387. The third kappa shape index (κ3) is 4.22. The molecule has 1 amide bonds. The number of primary amides is 1. The van der Waals surface area contributed by atoms with E-state index >= 15 is 0 Å². The van der Waals surface area contributed by atoms with Gasteiger partial charge in [0.25, 0.3) is 0 Å². The monoisotopic (exact) mass is 357 g/mol. The standard InChI is InChI=1S/C18H19N3O3S/c1-3-24-18(23)15-11(2)21-17(25-10-14(20)22)13(9-19)16(15)12-7-5-4-6-8-12/h4-8,16,21H,3,10H2,1-2H3,(H2,20,22)/t16-/m0/s1. The number of nitrogens with two attached hydrogens (primary N) is 1. The molecule has 0 fully saturated rings. The maximum absolute atomic E-state index is 12.5. The Balaban J connectivity index is 2.55. The number of hydrogen-bond donors (Lipinski definition) is 2. The Morgan fingerprint density at radius 1 is 1.36 bits per heavy atom. The Hall–Kier alpha value is -2.72. The summed E-state index contributed by atoms with van der Waals surface area (Å²) in [5.74, 6) is -1.46. The summed E-state index contributed by atoms with van der Waals surface area (Å²) in [4.78, 5) is 23.6. The summed E-state index contributed by atoms with van der Waals surface area (Å²) in [5, 5.41) is 13.3. The van der Waals surface area contributed by atoms with Crippen molar-refractivity contribution < 1.29 is 14.3 Å². The summed E-state index contributed by atoms with van der Waals surface area (Å²) in [5.41, 5.74) is 7.38. The van der Waals surface area contributed by atoms with Crippen LogP contribution in [0.4, 0.5) is 0 Å². The number of esters is 1. The molecule has 0 spiro atoms. The molecule has 0 unspecified atom stereocenters. The zero-order chi connectivity index (χ0) is 18.4. The maximum atomic E-state index is 12.5. The van der Waals surface area contributed by atoms with E-state index in [1.54, 1.807) is 13.8 Å². The molecule has 25 heavy (non-hydrogen) atoms. The van der Waals surface area contributed by atoms with Gasteiger partial charge in [0.1, 0.15) is 0 Å². The highest BCUT2D eigenvalue weighted by Gasteiger charge is 2.35. The van der Waals surface area contributed by atoms with E-state index < -0.39 is 17.8 Å². The van der Waals surface area contributed by atoms with Crippen LogP contribution in [-0.4, -0.2) is 24.2 Å². The van der Waals surface area contributed by atoms with E-state index in [2.05, 4.69) is 11.4 Å². The van der Waals surface area contributed by atoms with Crippen molar-refractivity contribution in [2.24, 2.45) is 5.73 Å². The average Bonchev–Trinajstić information content (AvgIpc) is 2.60. The number of hydrogen-bond acceptors (Lipinski definition) is 6. The van der Waals surface area contributed by atoms with Crippen LogP contribution in [0.15, 0.2) is 52.2 Å². The lowest BCUT2D eigenvalue weighted by atomic mass is 9.82. The fourth-order valence-electron chi connectivity index (χ4n) is 2.63. The van der Waals surface area contributed by atoms with Crippen LogP contribution in [0.3, 0.4) is 0 Å². The van der Waals surface area contributed by atoms with Gasteiger partial charge in [0.05, 0.1) is 40.5 Å². The summed E-state index contributed by atoms with van der Waals surface area (Å²) in [6, 6.07) is 11.5. The highest BCUT2D eigenvalue weighted by Crippen LogP contribution is 2.40. The number of amides is 1. The van der Waals surface area contributed by atoms with Gasteiger partial charge in [-0.05, 0) is 19.4 Å². The molecule has 1 aliphatic heterocycles. The molecule has 3 N–H and O–H groups in total. The lowest BCUT2D eigenvalue weighted by Gasteiger charge is -2.29. The van der Waals surface area contributed by atoms with Crippen LogP contribution in [0.25, 0.3) is 0 Å². The minimum atomic E-state index is -0.554. The van der Waals surface area contributed by atoms with E-state index in [0.29, 0.717) is 21.9 Å². The molecule has 7 heteroatoms. The predicted octanol–water partition coefficient (Wildman–Crippen LogP) is 2.16. The van der Waals surface area contributed by atoms with Crippen LogP contribution in [0.5, 0.6) is 0 Å². The smallest absolute Gasteiger partial charge is 0.336 e. The largest absolute Gasteiger partial charge is 0.463 e. The third-order valence-corrected chi connectivity index (χ3v) is 4.67. The zero-order valence-electron chi connectivity index (χ0n) is 14.0. The Kier molecular flexibility index (Phi) is 6.25. The molecule has 0 saturated heterocycles. The second kappa shape index (κ2) is 8.40. The number of dihydropyridines is 1. The minimum Gasteiger partial charge on any atom is -0.463 e. The van der Waals surface area contributed by atoms with Crippen LogP contribution in [0, 0.1) is 11.3 Å². The van der Waals surface area contributed by atoms with Gasteiger partial charge in [0.15, 0.2) is 0 Å². The maximum Gasteiger partial charge on any atom is 0.336 e. The average molecular weight is 357 g/mol. The van der Waals surface area contributed by atoms with Gasteiger partial charge in [0, 0.05) is 5.70 Å². The van der Waals surface area contributed by atoms with E-state index in [4.69, 9.17) is 10.5 Å². The first-order chi connectivity index (χ1) is 12.0. The Labute approximate surface area is 150 Å². The summed E-state index contributed by atoms with van der Waals surface area (Å²) >= 11 is 1.15. The molecule has 0 aliphatic carbocycles. The van der Waals surface area contributed by atoms with Crippen LogP contribution in [0.1, 0.15) is 25.3 Å². The Bertz CT molecular complexity index is 779. The van der Waals surface area contributed by atoms with Crippen molar-refractivity contribution in [3.63, 3.8) is 0 Å². The van der Waals surface area contributed by atoms with E-state index in [-0.39, 0.29) is 12.4 Å². The van der Waals surface area contributed by atoms with E-state index in [9.17, 15) is 14.9 Å². The Morgan fingerprint density at radius 2 is 2.04 bits per heavy atom. The van der Waals surface area contributed by atoms with Crippen molar-refractivity contribution >= 4 is 23.6 Å². The van der Waals surface area contributed by atoms with Gasteiger partial charge in [-0.25, -0.2) is 4.79 Å². The molecule has 1 aliphatic rings. The summed E-state index contributed by atoms with van der Waals surface area (Å²) in [6.07, 6.45) is 0. The number of thioether (sulfide) groups is 1. The molecule has 6 nitrogen and oxygen atoms in total. The zero-order valence-corrected chi connectivity index (χ0v) is 14.9. The molecule has 1 atom stereocenters. The topological polar surface area (TPSA) is 105 Å². The molecule has 2 rings (SSSR count). The molecule has 0 bridgehead atoms. The fraction of sp³-hybridized carbons (Fsp3) is 0.278. The number of benzene rings is 1. The molecule has 1 heterocycles. The number of ether oxygens (including phenoxy) is 1. The third-order valence-electron chi connectivity index (χ3n) is 3.63. The molecule has 1 aromatic rings. The molecule has 1 aromatic carbocycles. The van der Waals surface area contributed by atoms with Gasteiger partial charge in [0.2, 0.25) is 5.91 Å². The highest BCUT2D eigenvalue weighted by atomic mass is 32.2. The summed E-state index contributed by atoms with van der Waals surface area (Å²) in [6.45, 7) is 3.73. The van der Waals surface area contributed by atoms with E-state index in [1.807, 2.05) is 30.3 Å². The van der Waals surface area contributed by atoms with Crippen molar-refractivity contribution in [1.82, 2.24) is 5.32 Å². The van der Waals surface area contributed by atoms with Crippen molar-refractivity contribution in [3.05, 3.63) is 57.8 Å². The van der Waals surface area contributed by atoms with E-state index in [1.165, 1.54) is 0 Å². The number of nitrogens with zero attached hydrogens (tertiary/aromatic N) is 1. The number of carbonyl (C=O) groups excluding carboxylic acids is 2. The van der Waals surface area contributed by atoms with E-state index in [0.717, 1.165) is 17.3 Å². The van der Waals surface area contributed by atoms with Crippen LogP contribution in [0.2, 0.25) is 0 Å². The number of allylic oxidation sites excluding steroid dienone is 2. The second-order valence-corrected chi connectivity index (χ2v) is 6.32. The van der Waals surface area contributed by atoms with Gasteiger partial charge in [-0.2, -0.15) is 5.26 Å². The number of rotatable bonds is 6. The lowest BCUT2D eigenvalue weighted by molar-refractivity contribution is -0.138. The van der Waals surface area contributed by atoms with Crippen LogP contribution < -0.4 is 11.1 Å². The van der Waals surface area contributed by atoms with Gasteiger partial charge in [-0.1, -0.05) is 42.1 Å². The van der Waals surface area contributed by atoms with Crippen molar-refractivity contribution in [2.75, 3.05) is 12.4 Å². The van der Waals surface area contributed by atoms with Crippen LogP contribution >= 0.6 is 11.8 Å². The van der Waals surface area contributed by atoms with Gasteiger partial charge in [-0.15, -0.1) is 0 Å². The molecular weight excluding hydrogens is 338 g/mol. The molecular formula is C18H19N3O3S. The predicted molar refractivity (Wildman–Crippen MR) is 95.9 cm³/mol. The summed E-state index contributed by atoms with van der Waals surface area (Å²) in [7, 11) is 0. The van der Waals surface area contributed by atoms with Crippen molar-refractivity contribution in [2.45, 2.75) is 19.8 Å². The normalized spacial score (nSPS) is 16.9. The Morgan fingerprint density at radius 3 is 2.60 bits per heavy atom. The van der Waals surface area contributed by atoms with Crippen molar-refractivity contribution in [3.8, 4) is 6.07 Å². The first-order valence-electron chi connectivity index (χ1n) is 7.74. The van der Waals surface area contributed by atoms with Gasteiger partial charge in [-0.3, -0.25) is 4.79 Å². The number of nitriles is 1. The summed E-state index contributed by atoms with van der Waals surface area (Å²) < 4.78 is 5.18. The number of nitrogens with one attached hydrogen (secondary N) is 1. The van der Waals surface area contributed by atoms with Gasteiger partial charge < -0.3 is 15.8 Å². The van der Waals surface area contributed by atoms with Crippen molar-refractivity contribution in [1.29, 1.82) is 5.26 Å². The second-order valence-electron chi connectivity index (χ2n) is 5.34.